The van der Waals surface area contributed by atoms with Crippen molar-refractivity contribution >= 4 is 45.3 Å². The Balaban J connectivity index is 1.37. The van der Waals surface area contributed by atoms with Crippen LogP contribution in [0.3, 0.4) is 0 Å². The largest absolute Gasteiger partial charge is 0.481 e. The first-order chi connectivity index (χ1) is 21.3. The highest BCUT2D eigenvalue weighted by Crippen LogP contribution is 2.42. The lowest BCUT2D eigenvalue weighted by Crippen LogP contribution is -2.34. The topological polar surface area (TPSA) is 129 Å². The highest BCUT2D eigenvalue weighted by Gasteiger charge is 2.36. The SMILES string of the molecule is [C-]#[N+]c1c(N=Nc2ccc(N(CCOCCOC(=O)C3CCCCC3C(=O)O)Cc3ccccc3)cc2C)sc(C#N)c1C. The van der Waals surface area contributed by atoms with Gasteiger partial charge >= 0.3 is 11.9 Å². The third-order valence-electron chi connectivity index (χ3n) is 7.68. The van der Waals surface area contributed by atoms with Crippen LogP contribution in [-0.4, -0.2) is 43.4 Å². The van der Waals surface area contributed by atoms with Gasteiger partial charge in [-0.15, -0.1) is 11.3 Å². The molecule has 0 radical (unpaired) electrons. The summed E-state index contributed by atoms with van der Waals surface area (Å²) in [6, 6.07) is 18.1. The Labute approximate surface area is 261 Å². The lowest BCUT2D eigenvalue weighted by molar-refractivity contribution is -0.160. The molecule has 1 saturated carbocycles. The van der Waals surface area contributed by atoms with Crippen LogP contribution in [0.2, 0.25) is 0 Å². The van der Waals surface area contributed by atoms with E-state index >= 15 is 0 Å². The number of hydrogen-bond donors (Lipinski definition) is 1. The Bertz CT molecular complexity index is 1570. The molecule has 2 atom stereocenters. The fraction of sp³-hybridized carbons (Fsp3) is 0.394. The van der Waals surface area contributed by atoms with Crippen molar-refractivity contribution in [2.24, 2.45) is 22.1 Å². The van der Waals surface area contributed by atoms with Crippen LogP contribution in [0, 0.1) is 43.6 Å². The Morgan fingerprint density at radius 1 is 1.09 bits per heavy atom. The van der Waals surface area contributed by atoms with Gasteiger partial charge in [0, 0.05) is 18.8 Å². The number of carbonyl (C=O) groups is 2. The van der Waals surface area contributed by atoms with Crippen LogP contribution in [0.4, 0.5) is 22.1 Å². The van der Waals surface area contributed by atoms with Gasteiger partial charge in [-0.3, -0.25) is 9.59 Å². The van der Waals surface area contributed by atoms with E-state index in [1.165, 1.54) is 0 Å². The van der Waals surface area contributed by atoms with Crippen molar-refractivity contribution in [2.45, 2.75) is 46.1 Å². The van der Waals surface area contributed by atoms with Crippen LogP contribution in [0.25, 0.3) is 4.85 Å². The number of benzene rings is 2. The van der Waals surface area contributed by atoms with Crippen molar-refractivity contribution in [1.82, 2.24) is 0 Å². The first-order valence-electron chi connectivity index (χ1n) is 14.5. The minimum atomic E-state index is -0.936. The number of aryl methyl sites for hydroxylation is 1. The first kappa shape index (κ1) is 32.3. The molecule has 2 aromatic carbocycles. The van der Waals surface area contributed by atoms with Crippen LogP contribution in [0.1, 0.15) is 47.3 Å². The average Bonchev–Trinajstić information content (AvgIpc) is 3.35. The van der Waals surface area contributed by atoms with Crippen molar-refractivity contribution in [3.8, 4) is 6.07 Å². The zero-order chi connectivity index (χ0) is 31.5. The maximum absolute atomic E-state index is 12.5. The van der Waals surface area contributed by atoms with E-state index in [0.717, 1.165) is 41.0 Å². The summed E-state index contributed by atoms with van der Waals surface area (Å²) in [4.78, 5) is 30.2. The molecule has 0 amide bonds. The zero-order valence-electron chi connectivity index (χ0n) is 24.9. The van der Waals surface area contributed by atoms with Gasteiger partial charge in [-0.05, 0) is 61.6 Å². The Morgan fingerprint density at radius 3 is 2.52 bits per heavy atom. The van der Waals surface area contributed by atoms with Gasteiger partial charge in [-0.2, -0.15) is 15.5 Å². The second-order valence-electron chi connectivity index (χ2n) is 10.6. The first-order valence-corrected chi connectivity index (χ1v) is 15.3. The monoisotopic (exact) mass is 613 g/mol. The maximum atomic E-state index is 12.5. The van der Waals surface area contributed by atoms with Gasteiger partial charge < -0.3 is 19.5 Å². The Morgan fingerprint density at radius 2 is 1.84 bits per heavy atom. The van der Waals surface area contributed by atoms with Crippen molar-refractivity contribution in [3.05, 3.63) is 81.5 Å². The van der Waals surface area contributed by atoms with Gasteiger partial charge in [0.15, 0.2) is 0 Å². The number of esters is 1. The highest BCUT2D eigenvalue weighted by atomic mass is 32.1. The summed E-state index contributed by atoms with van der Waals surface area (Å²) >= 11 is 1.16. The minimum Gasteiger partial charge on any atom is -0.481 e. The molecular weight excluding hydrogens is 578 g/mol. The molecule has 1 fully saturated rings. The standard InChI is InChI=1S/C33H35N5O5S/c1-22-19-25(13-14-28(22)36-37-31-30(35-3)23(2)29(20-34)44-31)38(21-24-9-5-4-6-10-24)15-16-42-17-18-43-33(41)27-12-8-7-11-26(27)32(39)40/h4-6,9-10,13-14,19,26-27H,7-8,11-12,15-18,21H2,1-2H3,(H,39,40). The number of thiophene rings is 1. The second kappa shape index (κ2) is 15.8. The van der Waals surface area contributed by atoms with E-state index in [0.29, 0.717) is 59.4 Å². The van der Waals surface area contributed by atoms with Crippen LogP contribution >= 0.6 is 11.3 Å². The third-order valence-corrected chi connectivity index (χ3v) is 8.75. The molecule has 10 nitrogen and oxygen atoms in total. The van der Waals surface area contributed by atoms with Crippen molar-refractivity contribution in [3.63, 3.8) is 0 Å². The van der Waals surface area contributed by atoms with E-state index < -0.39 is 23.8 Å². The van der Waals surface area contributed by atoms with Gasteiger partial charge in [0.25, 0.3) is 0 Å². The number of nitriles is 1. The second-order valence-corrected chi connectivity index (χ2v) is 11.6. The van der Waals surface area contributed by atoms with Gasteiger partial charge in [0.1, 0.15) is 17.7 Å². The fourth-order valence-electron chi connectivity index (χ4n) is 5.24. The number of carboxylic acid groups (broad SMARTS) is 1. The molecule has 0 bridgehead atoms. The van der Waals surface area contributed by atoms with E-state index in [4.69, 9.17) is 16.0 Å². The zero-order valence-corrected chi connectivity index (χ0v) is 25.7. The Kier molecular flexibility index (Phi) is 11.6. The van der Waals surface area contributed by atoms with E-state index in [1.54, 1.807) is 6.92 Å². The average molecular weight is 614 g/mol. The van der Waals surface area contributed by atoms with Gasteiger partial charge in [-0.25, -0.2) is 4.85 Å². The summed E-state index contributed by atoms with van der Waals surface area (Å²) in [6.45, 7) is 13.0. The summed E-state index contributed by atoms with van der Waals surface area (Å²) in [5.41, 5.74) is 4.65. The lowest BCUT2D eigenvalue weighted by Gasteiger charge is -2.27. The number of rotatable bonds is 13. The summed E-state index contributed by atoms with van der Waals surface area (Å²) < 4.78 is 11.2. The molecule has 4 rings (SSSR count). The number of anilines is 1. The number of aliphatic carboxylic acids is 1. The number of ether oxygens (including phenoxy) is 2. The van der Waals surface area contributed by atoms with Gasteiger partial charge in [-0.1, -0.05) is 43.2 Å². The summed E-state index contributed by atoms with van der Waals surface area (Å²) in [7, 11) is 0. The molecule has 1 aliphatic carbocycles. The van der Waals surface area contributed by atoms with Crippen LogP contribution in [0.5, 0.6) is 0 Å². The molecule has 1 N–H and O–H groups in total. The quantitative estimate of drug-likeness (QED) is 0.0907. The fourth-order valence-corrected chi connectivity index (χ4v) is 6.11. The molecular formula is C33H35N5O5S. The van der Waals surface area contributed by atoms with E-state index in [9.17, 15) is 20.0 Å². The molecule has 1 heterocycles. The predicted molar refractivity (Wildman–Crippen MR) is 168 cm³/mol. The maximum Gasteiger partial charge on any atom is 0.309 e. The molecule has 1 aliphatic rings. The molecule has 11 heteroatoms. The molecule has 0 spiro atoms. The van der Waals surface area contributed by atoms with Crippen LogP contribution in [-0.2, 0) is 25.6 Å². The van der Waals surface area contributed by atoms with Crippen molar-refractivity contribution in [2.75, 3.05) is 31.3 Å². The number of azo groups is 1. The van der Waals surface area contributed by atoms with Gasteiger partial charge in [0.05, 0.1) is 42.2 Å². The number of nitrogens with zero attached hydrogens (tertiary/aromatic N) is 5. The van der Waals surface area contributed by atoms with Crippen molar-refractivity contribution < 1.29 is 24.2 Å². The molecule has 1 aromatic heterocycles. The number of carboxylic acids is 1. The predicted octanol–water partition coefficient (Wildman–Crippen LogP) is 7.66. The molecule has 0 saturated heterocycles. The summed E-state index contributed by atoms with van der Waals surface area (Å²) in [5, 5.41) is 27.8. The number of hydrogen-bond acceptors (Lipinski definition) is 9. The summed E-state index contributed by atoms with van der Waals surface area (Å²) in [5.74, 6) is -2.65. The normalized spacial score (nSPS) is 16.3. The minimum absolute atomic E-state index is 0.0774. The Hall–Kier alpha value is -4.58. The molecule has 3 aromatic rings. The van der Waals surface area contributed by atoms with Crippen LogP contribution < -0.4 is 4.90 Å². The van der Waals surface area contributed by atoms with E-state index in [1.807, 2.05) is 43.3 Å². The molecule has 0 aliphatic heterocycles. The summed E-state index contributed by atoms with van der Waals surface area (Å²) in [6.07, 6.45) is 2.70. The van der Waals surface area contributed by atoms with E-state index in [2.05, 4.69) is 38.2 Å². The lowest BCUT2D eigenvalue weighted by atomic mass is 9.79. The third kappa shape index (κ3) is 8.28. The molecule has 2 unspecified atom stereocenters. The smallest absolute Gasteiger partial charge is 0.309 e. The van der Waals surface area contributed by atoms with E-state index in [-0.39, 0.29) is 13.2 Å². The molecule has 44 heavy (non-hydrogen) atoms. The van der Waals surface area contributed by atoms with Crippen LogP contribution in [0.15, 0.2) is 58.8 Å². The highest BCUT2D eigenvalue weighted by molar-refractivity contribution is 7.17. The van der Waals surface area contributed by atoms with Gasteiger partial charge in [0.2, 0.25) is 5.69 Å². The number of carbonyl (C=O) groups excluding carboxylic acids is 1. The molecule has 228 valence electrons. The van der Waals surface area contributed by atoms with Crippen molar-refractivity contribution in [1.29, 1.82) is 5.26 Å².